The predicted molar refractivity (Wildman–Crippen MR) is 88.8 cm³/mol. The topological polar surface area (TPSA) is 26.2 Å². The van der Waals surface area contributed by atoms with Crippen molar-refractivity contribution in [1.29, 1.82) is 0 Å². The summed E-state index contributed by atoms with van der Waals surface area (Å²) in [4.78, 5) is 0. The Morgan fingerprint density at radius 2 is 2.19 bits per heavy atom. The molecule has 1 heterocycles. The standard InChI is InChI=1S/C17H21BrN2O/c1-19-17(12-3-4-12)13-7-8-20(10-13)11-14-9-15(21-2)5-6-16(14)18/h5-10,12,17,19H,3-4,11H2,1-2H3. The molecule has 1 atom stereocenters. The zero-order chi connectivity index (χ0) is 14.8. The summed E-state index contributed by atoms with van der Waals surface area (Å²) in [7, 11) is 3.76. The summed E-state index contributed by atoms with van der Waals surface area (Å²) < 4.78 is 8.66. The van der Waals surface area contributed by atoms with Gasteiger partial charge in [-0.2, -0.15) is 0 Å². The van der Waals surface area contributed by atoms with Gasteiger partial charge in [-0.05, 0) is 61.2 Å². The molecular weight excluding hydrogens is 328 g/mol. The smallest absolute Gasteiger partial charge is 0.119 e. The van der Waals surface area contributed by atoms with Crippen molar-refractivity contribution in [2.24, 2.45) is 5.92 Å². The first kappa shape index (κ1) is 14.7. The molecule has 1 aromatic heterocycles. The van der Waals surface area contributed by atoms with Crippen molar-refractivity contribution in [3.8, 4) is 5.75 Å². The molecule has 0 radical (unpaired) electrons. The van der Waals surface area contributed by atoms with Crippen LogP contribution in [0.15, 0.2) is 41.1 Å². The van der Waals surface area contributed by atoms with Crippen LogP contribution in [0.25, 0.3) is 0 Å². The van der Waals surface area contributed by atoms with E-state index in [1.165, 1.54) is 24.0 Å². The first-order valence-electron chi connectivity index (χ1n) is 7.36. The molecule has 2 aromatic rings. The Morgan fingerprint density at radius 1 is 1.38 bits per heavy atom. The van der Waals surface area contributed by atoms with Crippen LogP contribution in [-0.4, -0.2) is 18.7 Å². The Bertz CT molecular complexity index is 619. The van der Waals surface area contributed by atoms with E-state index in [4.69, 9.17) is 4.74 Å². The molecule has 1 aliphatic carbocycles. The number of benzene rings is 1. The second kappa shape index (κ2) is 6.24. The number of halogens is 1. The van der Waals surface area contributed by atoms with E-state index in [1.807, 2.05) is 12.1 Å². The summed E-state index contributed by atoms with van der Waals surface area (Å²) in [6.45, 7) is 0.846. The van der Waals surface area contributed by atoms with Crippen LogP contribution in [0.5, 0.6) is 5.75 Å². The molecular formula is C17H21BrN2O. The predicted octanol–water partition coefficient (Wildman–Crippen LogP) is 3.98. The zero-order valence-corrected chi connectivity index (χ0v) is 14.1. The molecule has 0 saturated heterocycles. The summed E-state index contributed by atoms with van der Waals surface area (Å²) in [5.41, 5.74) is 2.61. The van der Waals surface area contributed by atoms with Crippen molar-refractivity contribution >= 4 is 15.9 Å². The van der Waals surface area contributed by atoms with E-state index in [1.54, 1.807) is 7.11 Å². The number of nitrogens with one attached hydrogen (secondary N) is 1. The number of hydrogen-bond acceptors (Lipinski definition) is 2. The minimum atomic E-state index is 0.500. The third-order valence-corrected chi connectivity index (χ3v) is 4.92. The van der Waals surface area contributed by atoms with E-state index in [9.17, 15) is 0 Å². The van der Waals surface area contributed by atoms with Crippen LogP contribution in [0.4, 0.5) is 0 Å². The van der Waals surface area contributed by atoms with Crippen LogP contribution in [0.3, 0.4) is 0 Å². The second-order valence-electron chi connectivity index (χ2n) is 5.68. The van der Waals surface area contributed by atoms with Gasteiger partial charge in [0.05, 0.1) is 7.11 Å². The van der Waals surface area contributed by atoms with E-state index in [0.717, 1.165) is 22.7 Å². The molecule has 3 rings (SSSR count). The second-order valence-corrected chi connectivity index (χ2v) is 6.53. The lowest BCUT2D eigenvalue weighted by atomic mass is 10.1. The molecule has 0 aliphatic heterocycles. The maximum atomic E-state index is 5.31. The zero-order valence-electron chi connectivity index (χ0n) is 12.5. The van der Waals surface area contributed by atoms with Crippen LogP contribution in [0, 0.1) is 5.92 Å². The molecule has 21 heavy (non-hydrogen) atoms. The highest BCUT2D eigenvalue weighted by Gasteiger charge is 2.31. The molecule has 1 aliphatic rings. The van der Waals surface area contributed by atoms with Gasteiger partial charge in [0.25, 0.3) is 0 Å². The molecule has 1 saturated carbocycles. The maximum Gasteiger partial charge on any atom is 0.119 e. The van der Waals surface area contributed by atoms with E-state index in [2.05, 4.69) is 57.4 Å². The highest BCUT2D eigenvalue weighted by molar-refractivity contribution is 9.10. The van der Waals surface area contributed by atoms with Crippen molar-refractivity contribution in [2.75, 3.05) is 14.2 Å². The van der Waals surface area contributed by atoms with Crippen molar-refractivity contribution in [2.45, 2.75) is 25.4 Å². The highest BCUT2D eigenvalue weighted by atomic mass is 79.9. The Morgan fingerprint density at radius 3 is 2.86 bits per heavy atom. The van der Waals surface area contributed by atoms with Gasteiger partial charge in [0.15, 0.2) is 0 Å². The lowest BCUT2D eigenvalue weighted by molar-refractivity contribution is 0.414. The molecule has 1 fully saturated rings. The van der Waals surface area contributed by atoms with E-state index in [-0.39, 0.29) is 0 Å². The summed E-state index contributed by atoms with van der Waals surface area (Å²) in [5, 5.41) is 3.44. The molecule has 0 bridgehead atoms. The summed E-state index contributed by atoms with van der Waals surface area (Å²) in [6.07, 6.45) is 7.11. The number of hydrogen-bond donors (Lipinski definition) is 1. The fraction of sp³-hybridized carbons (Fsp3) is 0.412. The van der Waals surface area contributed by atoms with Gasteiger partial charge in [-0.1, -0.05) is 15.9 Å². The van der Waals surface area contributed by atoms with Crippen LogP contribution >= 0.6 is 15.9 Å². The third kappa shape index (κ3) is 3.33. The van der Waals surface area contributed by atoms with Crippen LogP contribution in [0.1, 0.15) is 30.0 Å². The number of rotatable bonds is 6. The summed E-state index contributed by atoms with van der Waals surface area (Å²) in [5.74, 6) is 1.71. The fourth-order valence-corrected chi connectivity index (χ4v) is 3.21. The SMILES string of the molecule is CNC(c1ccn(Cc2cc(OC)ccc2Br)c1)C1CC1. The largest absolute Gasteiger partial charge is 0.497 e. The number of aromatic nitrogens is 1. The highest BCUT2D eigenvalue weighted by Crippen LogP contribution is 2.40. The number of nitrogens with zero attached hydrogens (tertiary/aromatic N) is 1. The van der Waals surface area contributed by atoms with E-state index < -0.39 is 0 Å². The molecule has 1 N–H and O–H groups in total. The van der Waals surface area contributed by atoms with Gasteiger partial charge in [0.1, 0.15) is 5.75 Å². The van der Waals surface area contributed by atoms with Crippen LogP contribution < -0.4 is 10.1 Å². The molecule has 112 valence electrons. The Balaban J connectivity index is 1.77. The van der Waals surface area contributed by atoms with Crippen molar-refractivity contribution in [1.82, 2.24) is 9.88 Å². The average molecular weight is 349 g/mol. The van der Waals surface area contributed by atoms with Gasteiger partial charge in [0.2, 0.25) is 0 Å². The van der Waals surface area contributed by atoms with Crippen LogP contribution in [0.2, 0.25) is 0 Å². The Labute approximate surface area is 134 Å². The third-order valence-electron chi connectivity index (χ3n) is 4.14. The summed E-state index contributed by atoms with van der Waals surface area (Å²) in [6, 6.07) is 8.83. The molecule has 1 aromatic carbocycles. The van der Waals surface area contributed by atoms with Crippen molar-refractivity contribution in [3.63, 3.8) is 0 Å². The molecule has 3 nitrogen and oxygen atoms in total. The number of ether oxygens (including phenoxy) is 1. The van der Waals surface area contributed by atoms with Crippen LogP contribution in [-0.2, 0) is 6.54 Å². The van der Waals surface area contributed by atoms with Gasteiger partial charge in [-0.25, -0.2) is 0 Å². The lowest BCUT2D eigenvalue weighted by Gasteiger charge is -2.13. The van der Waals surface area contributed by atoms with Gasteiger partial charge in [-0.15, -0.1) is 0 Å². The van der Waals surface area contributed by atoms with Crippen molar-refractivity contribution in [3.05, 3.63) is 52.3 Å². The Kier molecular flexibility index (Phi) is 4.36. The van der Waals surface area contributed by atoms with Gasteiger partial charge in [-0.3, -0.25) is 0 Å². The fourth-order valence-electron chi connectivity index (χ4n) is 2.84. The molecule has 0 spiro atoms. The maximum absolute atomic E-state index is 5.31. The van der Waals surface area contributed by atoms with Crippen molar-refractivity contribution < 1.29 is 4.74 Å². The minimum absolute atomic E-state index is 0.500. The van der Waals surface area contributed by atoms with Gasteiger partial charge in [0, 0.05) is 29.5 Å². The summed E-state index contributed by atoms with van der Waals surface area (Å²) >= 11 is 3.62. The first-order chi connectivity index (χ1) is 10.2. The first-order valence-corrected chi connectivity index (χ1v) is 8.16. The normalized spacial score (nSPS) is 16.0. The monoisotopic (exact) mass is 348 g/mol. The number of methoxy groups -OCH3 is 1. The molecule has 1 unspecified atom stereocenters. The molecule has 4 heteroatoms. The van der Waals surface area contributed by atoms with Gasteiger partial charge < -0.3 is 14.6 Å². The molecule has 0 amide bonds. The van der Waals surface area contributed by atoms with Gasteiger partial charge >= 0.3 is 0 Å². The average Bonchev–Trinajstić information content (AvgIpc) is 3.22. The quantitative estimate of drug-likeness (QED) is 0.854. The minimum Gasteiger partial charge on any atom is -0.497 e. The Hall–Kier alpha value is -1.26. The lowest BCUT2D eigenvalue weighted by Crippen LogP contribution is -2.17. The van der Waals surface area contributed by atoms with E-state index >= 15 is 0 Å². The van der Waals surface area contributed by atoms with E-state index in [0.29, 0.717) is 6.04 Å².